The predicted octanol–water partition coefficient (Wildman–Crippen LogP) is 3.74. The molecule has 0 aliphatic heterocycles. The van der Waals surface area contributed by atoms with Gasteiger partial charge in [0.15, 0.2) is 0 Å². The lowest BCUT2D eigenvalue weighted by atomic mass is 10.2. The van der Waals surface area contributed by atoms with E-state index >= 15 is 0 Å². The molecule has 1 aromatic rings. The van der Waals surface area contributed by atoms with Crippen LogP contribution in [0.4, 0.5) is 10.5 Å². The van der Waals surface area contributed by atoms with E-state index in [1.165, 1.54) is 18.2 Å². The topological polar surface area (TPSA) is 117 Å². The zero-order valence-electron chi connectivity index (χ0n) is 17.0. The molecule has 1 aromatic carbocycles. The molecule has 0 radical (unpaired) electrons. The van der Waals surface area contributed by atoms with Gasteiger partial charge in [0, 0.05) is 12.5 Å². The molecular formula is C20H28N2O7. The van der Waals surface area contributed by atoms with Crippen LogP contribution in [0.5, 0.6) is 5.75 Å². The molecule has 0 bridgehead atoms. The molecule has 1 amide bonds. The summed E-state index contributed by atoms with van der Waals surface area (Å²) in [4.78, 5) is 35.0. The number of non-ortho nitro benzene ring substituents is 1. The molecule has 29 heavy (non-hydrogen) atoms. The monoisotopic (exact) mass is 408 g/mol. The molecule has 0 aromatic heterocycles. The maximum atomic E-state index is 12.5. The van der Waals surface area contributed by atoms with Gasteiger partial charge in [0.1, 0.15) is 23.5 Å². The van der Waals surface area contributed by atoms with Crippen LogP contribution in [0.3, 0.4) is 0 Å². The fourth-order valence-corrected chi connectivity index (χ4v) is 2.93. The summed E-state index contributed by atoms with van der Waals surface area (Å²) < 4.78 is 16.3. The van der Waals surface area contributed by atoms with Gasteiger partial charge in [0.05, 0.1) is 17.6 Å². The number of nitrogens with one attached hydrogen (secondary N) is 1. The number of ether oxygens (including phenoxy) is 3. The minimum Gasteiger partial charge on any atom is -0.493 e. The molecule has 1 atom stereocenters. The zero-order chi connectivity index (χ0) is 21.4. The highest BCUT2D eigenvalue weighted by atomic mass is 16.6. The summed E-state index contributed by atoms with van der Waals surface area (Å²) in [6.45, 7) is 5.24. The van der Waals surface area contributed by atoms with E-state index in [1.807, 2.05) is 0 Å². The van der Waals surface area contributed by atoms with Crippen LogP contribution >= 0.6 is 0 Å². The van der Waals surface area contributed by atoms with Crippen LogP contribution in [0.1, 0.15) is 52.9 Å². The average Bonchev–Trinajstić information content (AvgIpc) is 3.12. The maximum absolute atomic E-state index is 12.5. The lowest BCUT2D eigenvalue weighted by molar-refractivity contribution is -0.384. The number of amides is 1. The number of nitrogens with zero attached hydrogens (tertiary/aromatic N) is 1. The summed E-state index contributed by atoms with van der Waals surface area (Å²) in [7, 11) is 0. The number of nitro groups is 1. The highest BCUT2D eigenvalue weighted by molar-refractivity contribution is 5.81. The first kappa shape index (κ1) is 22.4. The van der Waals surface area contributed by atoms with Gasteiger partial charge in [-0.1, -0.05) is 6.07 Å². The Balaban J connectivity index is 1.96. The van der Waals surface area contributed by atoms with Gasteiger partial charge in [-0.05, 0) is 52.5 Å². The van der Waals surface area contributed by atoms with Crippen LogP contribution in [0.2, 0.25) is 0 Å². The summed E-state index contributed by atoms with van der Waals surface area (Å²) in [5.74, 6) is -0.232. The van der Waals surface area contributed by atoms with E-state index in [9.17, 15) is 19.7 Å². The Hall–Kier alpha value is -2.84. The van der Waals surface area contributed by atoms with Crippen molar-refractivity contribution in [2.24, 2.45) is 0 Å². The molecular weight excluding hydrogens is 380 g/mol. The molecule has 1 N–H and O–H groups in total. The van der Waals surface area contributed by atoms with Crippen molar-refractivity contribution in [3.05, 3.63) is 34.4 Å². The SMILES string of the molecule is CC(C)(C)OC(=O)NC(CCOc1cccc([N+](=O)[O-])c1)C(=O)OC1CCCC1. The lowest BCUT2D eigenvalue weighted by Crippen LogP contribution is -2.45. The van der Waals surface area contributed by atoms with Crippen molar-refractivity contribution in [1.82, 2.24) is 5.32 Å². The Morgan fingerprint density at radius 1 is 1.28 bits per heavy atom. The van der Waals surface area contributed by atoms with E-state index in [4.69, 9.17) is 14.2 Å². The largest absolute Gasteiger partial charge is 0.493 e. The van der Waals surface area contributed by atoms with Gasteiger partial charge in [0.25, 0.3) is 5.69 Å². The number of hydrogen-bond acceptors (Lipinski definition) is 7. The summed E-state index contributed by atoms with van der Waals surface area (Å²) >= 11 is 0. The average molecular weight is 408 g/mol. The van der Waals surface area contributed by atoms with E-state index in [-0.39, 0.29) is 24.8 Å². The van der Waals surface area contributed by atoms with Gasteiger partial charge < -0.3 is 19.5 Å². The summed E-state index contributed by atoms with van der Waals surface area (Å²) in [5.41, 5.74) is -0.796. The second kappa shape index (κ2) is 10.1. The number of alkyl carbamates (subject to hydrolysis) is 1. The van der Waals surface area contributed by atoms with Crippen molar-refractivity contribution in [2.45, 2.75) is 70.6 Å². The first-order valence-electron chi connectivity index (χ1n) is 9.71. The fourth-order valence-electron chi connectivity index (χ4n) is 2.93. The number of rotatable bonds is 8. The third-order valence-electron chi connectivity index (χ3n) is 4.26. The van der Waals surface area contributed by atoms with Crippen molar-refractivity contribution in [2.75, 3.05) is 6.61 Å². The summed E-state index contributed by atoms with van der Waals surface area (Å²) in [5, 5.41) is 13.4. The molecule has 1 aliphatic rings. The Morgan fingerprint density at radius 2 is 1.97 bits per heavy atom. The van der Waals surface area contributed by atoms with Crippen molar-refractivity contribution < 1.29 is 28.7 Å². The van der Waals surface area contributed by atoms with Gasteiger partial charge >= 0.3 is 12.1 Å². The van der Waals surface area contributed by atoms with Gasteiger partial charge in [-0.25, -0.2) is 9.59 Å². The predicted molar refractivity (Wildman–Crippen MR) is 105 cm³/mol. The Kier molecular flexibility index (Phi) is 7.81. The second-order valence-corrected chi connectivity index (χ2v) is 7.93. The third kappa shape index (κ3) is 7.97. The smallest absolute Gasteiger partial charge is 0.408 e. The minimum atomic E-state index is -0.941. The summed E-state index contributed by atoms with van der Waals surface area (Å²) in [6, 6.07) is 4.81. The number of hydrogen-bond donors (Lipinski definition) is 1. The Labute approximate surface area is 169 Å². The van der Waals surface area contributed by atoms with Gasteiger partial charge in [-0.2, -0.15) is 0 Å². The first-order chi connectivity index (χ1) is 13.6. The minimum absolute atomic E-state index is 0.0569. The highest BCUT2D eigenvalue weighted by Gasteiger charge is 2.28. The maximum Gasteiger partial charge on any atom is 0.408 e. The number of esters is 1. The third-order valence-corrected chi connectivity index (χ3v) is 4.26. The van der Waals surface area contributed by atoms with E-state index in [2.05, 4.69) is 5.32 Å². The van der Waals surface area contributed by atoms with Crippen LogP contribution < -0.4 is 10.1 Å². The Bertz CT molecular complexity index is 724. The normalized spacial score (nSPS) is 15.4. The number of benzene rings is 1. The van der Waals surface area contributed by atoms with Crippen LogP contribution in [0.15, 0.2) is 24.3 Å². The van der Waals surface area contributed by atoms with E-state index in [0.717, 1.165) is 25.7 Å². The highest BCUT2D eigenvalue weighted by Crippen LogP contribution is 2.22. The Morgan fingerprint density at radius 3 is 2.59 bits per heavy atom. The molecule has 9 heteroatoms. The van der Waals surface area contributed by atoms with Crippen molar-refractivity contribution in [1.29, 1.82) is 0 Å². The standard InChI is InChI=1S/C20H28N2O7/c1-20(2,3)29-19(24)21-17(18(23)28-15-8-4-5-9-15)11-12-27-16-10-6-7-14(13-16)22(25)26/h6-7,10,13,15,17H,4-5,8-9,11-12H2,1-3H3,(H,21,24). The molecule has 0 spiro atoms. The molecule has 9 nitrogen and oxygen atoms in total. The van der Waals surface area contributed by atoms with Crippen molar-refractivity contribution >= 4 is 17.7 Å². The molecule has 1 saturated carbocycles. The van der Waals surface area contributed by atoms with Crippen molar-refractivity contribution in [3.63, 3.8) is 0 Å². The molecule has 2 rings (SSSR count). The van der Waals surface area contributed by atoms with Crippen LogP contribution in [0, 0.1) is 10.1 Å². The molecule has 1 fully saturated rings. The molecule has 160 valence electrons. The van der Waals surface area contributed by atoms with Gasteiger partial charge in [0.2, 0.25) is 0 Å². The molecule has 1 unspecified atom stereocenters. The van der Waals surface area contributed by atoms with E-state index in [1.54, 1.807) is 26.8 Å². The fraction of sp³-hybridized carbons (Fsp3) is 0.600. The lowest BCUT2D eigenvalue weighted by Gasteiger charge is -2.24. The molecule has 0 heterocycles. The molecule has 1 aliphatic carbocycles. The van der Waals surface area contributed by atoms with Crippen molar-refractivity contribution in [3.8, 4) is 5.75 Å². The number of nitro benzene ring substituents is 1. The quantitative estimate of drug-likeness (QED) is 0.395. The van der Waals surface area contributed by atoms with Crippen LogP contribution in [-0.2, 0) is 14.3 Å². The first-order valence-corrected chi connectivity index (χ1v) is 9.71. The van der Waals surface area contributed by atoms with E-state index in [0.29, 0.717) is 5.75 Å². The van der Waals surface area contributed by atoms with Gasteiger partial charge in [-0.3, -0.25) is 10.1 Å². The number of carbonyl (C=O) groups is 2. The van der Waals surface area contributed by atoms with E-state index < -0.39 is 28.6 Å². The number of carbonyl (C=O) groups excluding carboxylic acids is 2. The van der Waals surface area contributed by atoms with Crippen LogP contribution in [0.25, 0.3) is 0 Å². The molecule has 0 saturated heterocycles. The summed E-state index contributed by atoms with van der Waals surface area (Å²) in [6.07, 6.45) is 2.93. The van der Waals surface area contributed by atoms with Gasteiger partial charge in [-0.15, -0.1) is 0 Å². The zero-order valence-corrected chi connectivity index (χ0v) is 17.0. The second-order valence-electron chi connectivity index (χ2n) is 7.93. The van der Waals surface area contributed by atoms with Crippen LogP contribution in [-0.4, -0.2) is 41.3 Å².